The molecule has 2 heteroatoms. The van der Waals surface area contributed by atoms with Crippen LogP contribution in [-0.4, -0.2) is 25.3 Å². The van der Waals surface area contributed by atoms with Crippen molar-refractivity contribution in [1.29, 1.82) is 0 Å². The maximum absolute atomic E-state index is 6.17. The van der Waals surface area contributed by atoms with E-state index in [4.69, 9.17) is 4.74 Å². The van der Waals surface area contributed by atoms with Crippen LogP contribution in [0, 0.1) is 11.8 Å². The molecule has 0 heterocycles. The molecule has 1 aliphatic carbocycles. The van der Waals surface area contributed by atoms with E-state index in [1.54, 1.807) is 0 Å². The highest BCUT2D eigenvalue weighted by molar-refractivity contribution is 4.75. The Morgan fingerprint density at radius 1 is 1.22 bits per heavy atom. The Bertz CT molecular complexity index is 205. The van der Waals surface area contributed by atoms with Crippen molar-refractivity contribution >= 4 is 0 Å². The first-order valence-electron chi connectivity index (χ1n) is 8.02. The van der Waals surface area contributed by atoms with Crippen LogP contribution in [0.2, 0.25) is 0 Å². The molecule has 3 unspecified atom stereocenters. The highest BCUT2D eigenvalue weighted by atomic mass is 16.5. The Morgan fingerprint density at radius 3 is 2.61 bits per heavy atom. The van der Waals surface area contributed by atoms with E-state index in [0.29, 0.717) is 18.1 Å². The Labute approximate surface area is 114 Å². The summed E-state index contributed by atoms with van der Waals surface area (Å²) in [5.41, 5.74) is 0. The average molecular weight is 255 g/mol. The van der Waals surface area contributed by atoms with Gasteiger partial charge in [-0.25, -0.2) is 0 Å². The maximum atomic E-state index is 6.17. The van der Waals surface area contributed by atoms with Crippen LogP contribution in [0.25, 0.3) is 0 Å². The SMILES string of the molecule is CCCNC(COC1CCCC(CC)C1)C(C)C. The van der Waals surface area contributed by atoms with E-state index in [1.165, 1.54) is 38.5 Å². The van der Waals surface area contributed by atoms with Crippen molar-refractivity contribution in [2.24, 2.45) is 11.8 Å². The molecule has 0 saturated heterocycles. The van der Waals surface area contributed by atoms with E-state index in [9.17, 15) is 0 Å². The Hall–Kier alpha value is -0.0800. The summed E-state index contributed by atoms with van der Waals surface area (Å²) in [6, 6.07) is 0.520. The van der Waals surface area contributed by atoms with Crippen LogP contribution in [-0.2, 0) is 4.74 Å². The third kappa shape index (κ3) is 5.71. The van der Waals surface area contributed by atoms with Crippen molar-refractivity contribution < 1.29 is 4.74 Å². The van der Waals surface area contributed by atoms with Gasteiger partial charge in [0.2, 0.25) is 0 Å². The number of hydrogen-bond donors (Lipinski definition) is 1. The largest absolute Gasteiger partial charge is 0.377 e. The van der Waals surface area contributed by atoms with Crippen molar-refractivity contribution in [3.63, 3.8) is 0 Å². The van der Waals surface area contributed by atoms with E-state index in [2.05, 4.69) is 33.0 Å². The average Bonchev–Trinajstić information content (AvgIpc) is 2.38. The van der Waals surface area contributed by atoms with Crippen molar-refractivity contribution in [2.75, 3.05) is 13.2 Å². The molecule has 0 aromatic heterocycles. The third-order valence-electron chi connectivity index (χ3n) is 4.28. The van der Waals surface area contributed by atoms with E-state index < -0.39 is 0 Å². The highest BCUT2D eigenvalue weighted by Crippen LogP contribution is 2.28. The predicted molar refractivity (Wildman–Crippen MR) is 78.9 cm³/mol. The number of nitrogens with one attached hydrogen (secondary N) is 1. The molecule has 0 radical (unpaired) electrons. The second-order valence-corrected chi connectivity index (χ2v) is 6.20. The van der Waals surface area contributed by atoms with Crippen molar-refractivity contribution in [3.8, 4) is 0 Å². The van der Waals surface area contributed by atoms with Gasteiger partial charge in [0.1, 0.15) is 0 Å². The van der Waals surface area contributed by atoms with Gasteiger partial charge in [-0.15, -0.1) is 0 Å². The summed E-state index contributed by atoms with van der Waals surface area (Å²) in [4.78, 5) is 0. The van der Waals surface area contributed by atoms with Gasteiger partial charge in [0.05, 0.1) is 12.7 Å². The normalized spacial score (nSPS) is 26.5. The smallest absolute Gasteiger partial charge is 0.0625 e. The summed E-state index contributed by atoms with van der Waals surface area (Å²) in [6.07, 6.45) is 8.38. The minimum Gasteiger partial charge on any atom is -0.377 e. The fourth-order valence-corrected chi connectivity index (χ4v) is 2.82. The van der Waals surface area contributed by atoms with Gasteiger partial charge in [-0.3, -0.25) is 0 Å². The topological polar surface area (TPSA) is 21.3 Å². The molecular formula is C16H33NO. The summed E-state index contributed by atoms with van der Waals surface area (Å²) < 4.78 is 6.17. The van der Waals surface area contributed by atoms with Gasteiger partial charge in [-0.2, -0.15) is 0 Å². The van der Waals surface area contributed by atoms with E-state index >= 15 is 0 Å². The first kappa shape index (κ1) is 16.0. The zero-order valence-electron chi connectivity index (χ0n) is 12.9. The maximum Gasteiger partial charge on any atom is 0.0625 e. The van der Waals surface area contributed by atoms with Gasteiger partial charge < -0.3 is 10.1 Å². The molecule has 1 fully saturated rings. The minimum atomic E-state index is 0.520. The van der Waals surface area contributed by atoms with Crippen LogP contribution in [0.3, 0.4) is 0 Å². The lowest BCUT2D eigenvalue weighted by molar-refractivity contribution is -0.00406. The lowest BCUT2D eigenvalue weighted by Crippen LogP contribution is -2.40. The summed E-state index contributed by atoms with van der Waals surface area (Å²) in [7, 11) is 0. The fraction of sp³-hybridized carbons (Fsp3) is 1.00. The Kier molecular flexibility index (Phi) is 7.92. The lowest BCUT2D eigenvalue weighted by atomic mass is 9.85. The molecule has 18 heavy (non-hydrogen) atoms. The van der Waals surface area contributed by atoms with Crippen molar-refractivity contribution in [2.45, 2.75) is 78.4 Å². The van der Waals surface area contributed by atoms with E-state index in [-0.39, 0.29) is 0 Å². The molecule has 0 spiro atoms. The third-order valence-corrected chi connectivity index (χ3v) is 4.28. The van der Waals surface area contributed by atoms with E-state index in [1.807, 2.05) is 0 Å². The Morgan fingerprint density at radius 2 is 2.00 bits per heavy atom. The van der Waals surface area contributed by atoms with E-state index in [0.717, 1.165) is 19.1 Å². The molecule has 2 nitrogen and oxygen atoms in total. The van der Waals surface area contributed by atoms with Crippen molar-refractivity contribution in [3.05, 3.63) is 0 Å². The summed E-state index contributed by atoms with van der Waals surface area (Å²) >= 11 is 0. The quantitative estimate of drug-likeness (QED) is 0.708. The monoisotopic (exact) mass is 255 g/mol. The molecule has 1 N–H and O–H groups in total. The zero-order valence-corrected chi connectivity index (χ0v) is 12.9. The number of ether oxygens (including phenoxy) is 1. The van der Waals surface area contributed by atoms with Gasteiger partial charge in [-0.05, 0) is 37.6 Å². The first-order chi connectivity index (χ1) is 8.67. The van der Waals surface area contributed by atoms with Gasteiger partial charge in [-0.1, -0.05) is 47.0 Å². The lowest BCUT2D eigenvalue weighted by Gasteiger charge is -2.31. The van der Waals surface area contributed by atoms with Gasteiger partial charge >= 0.3 is 0 Å². The number of rotatable bonds is 8. The van der Waals surface area contributed by atoms with Crippen LogP contribution in [0.15, 0.2) is 0 Å². The van der Waals surface area contributed by atoms with Crippen LogP contribution in [0.1, 0.15) is 66.2 Å². The molecule has 1 rings (SSSR count). The van der Waals surface area contributed by atoms with Crippen molar-refractivity contribution in [1.82, 2.24) is 5.32 Å². The first-order valence-corrected chi connectivity index (χ1v) is 8.02. The van der Waals surface area contributed by atoms with Crippen LogP contribution in [0.4, 0.5) is 0 Å². The second kappa shape index (κ2) is 8.92. The molecule has 108 valence electrons. The molecule has 0 aliphatic heterocycles. The highest BCUT2D eigenvalue weighted by Gasteiger charge is 2.22. The predicted octanol–water partition coefficient (Wildman–Crippen LogP) is 4.00. The van der Waals surface area contributed by atoms with Gasteiger partial charge in [0.25, 0.3) is 0 Å². The van der Waals surface area contributed by atoms with Gasteiger partial charge in [0.15, 0.2) is 0 Å². The minimum absolute atomic E-state index is 0.520. The Balaban J connectivity index is 2.27. The molecule has 0 aromatic rings. The molecule has 0 aromatic carbocycles. The molecule has 0 amide bonds. The van der Waals surface area contributed by atoms with Crippen LogP contribution < -0.4 is 5.32 Å². The zero-order chi connectivity index (χ0) is 13.4. The second-order valence-electron chi connectivity index (χ2n) is 6.20. The standard InChI is InChI=1S/C16H33NO/c1-5-10-17-16(13(3)4)12-18-15-9-7-8-14(6-2)11-15/h13-17H,5-12H2,1-4H3. The number of hydrogen-bond acceptors (Lipinski definition) is 2. The summed E-state index contributed by atoms with van der Waals surface area (Å²) in [5.74, 6) is 1.56. The molecule has 1 aliphatic rings. The van der Waals surface area contributed by atoms with Crippen LogP contribution in [0.5, 0.6) is 0 Å². The fourth-order valence-electron chi connectivity index (χ4n) is 2.82. The molecule has 0 bridgehead atoms. The molecule has 1 saturated carbocycles. The molecule has 3 atom stereocenters. The molecular weight excluding hydrogens is 222 g/mol. The van der Waals surface area contributed by atoms with Gasteiger partial charge in [0, 0.05) is 6.04 Å². The summed E-state index contributed by atoms with van der Waals surface area (Å²) in [6.45, 7) is 11.1. The summed E-state index contributed by atoms with van der Waals surface area (Å²) in [5, 5.41) is 3.61. The van der Waals surface area contributed by atoms with Crippen LogP contribution >= 0.6 is 0 Å².